The SMILES string of the molecule is CC1CC1c1ccc(C(CN)N2CCOCC2(C)C)o1. The fourth-order valence-electron chi connectivity index (χ4n) is 3.31. The molecule has 4 heteroatoms. The summed E-state index contributed by atoms with van der Waals surface area (Å²) in [6.45, 7) is 9.70. The molecule has 2 aliphatic rings. The lowest BCUT2D eigenvalue weighted by Crippen LogP contribution is -2.55. The summed E-state index contributed by atoms with van der Waals surface area (Å²) in [4.78, 5) is 2.43. The highest BCUT2D eigenvalue weighted by Gasteiger charge is 2.39. The molecule has 0 spiro atoms. The molecule has 2 heterocycles. The number of hydrogen-bond donors (Lipinski definition) is 1. The van der Waals surface area contributed by atoms with Crippen molar-refractivity contribution >= 4 is 0 Å². The molecule has 1 aromatic heterocycles. The zero-order valence-corrected chi connectivity index (χ0v) is 12.8. The van der Waals surface area contributed by atoms with Crippen molar-refractivity contribution in [2.75, 3.05) is 26.3 Å². The van der Waals surface area contributed by atoms with Crippen LogP contribution in [0, 0.1) is 5.92 Å². The molecule has 2 N–H and O–H groups in total. The van der Waals surface area contributed by atoms with Crippen LogP contribution in [0.15, 0.2) is 16.5 Å². The van der Waals surface area contributed by atoms with Crippen molar-refractivity contribution in [3.63, 3.8) is 0 Å². The van der Waals surface area contributed by atoms with Crippen molar-refractivity contribution in [2.24, 2.45) is 11.7 Å². The van der Waals surface area contributed by atoms with Gasteiger partial charge in [-0.1, -0.05) is 6.92 Å². The second-order valence-electron chi connectivity index (χ2n) is 6.87. The Morgan fingerprint density at radius 1 is 1.45 bits per heavy atom. The second kappa shape index (κ2) is 5.17. The minimum absolute atomic E-state index is 0.00210. The van der Waals surface area contributed by atoms with Gasteiger partial charge in [0.2, 0.25) is 0 Å². The normalized spacial score (nSPS) is 31.2. The lowest BCUT2D eigenvalue weighted by Gasteiger charge is -2.45. The highest BCUT2D eigenvalue weighted by Crippen LogP contribution is 2.48. The molecule has 0 radical (unpaired) electrons. The van der Waals surface area contributed by atoms with E-state index in [1.807, 2.05) is 0 Å². The quantitative estimate of drug-likeness (QED) is 0.919. The third kappa shape index (κ3) is 2.52. The van der Waals surface area contributed by atoms with Gasteiger partial charge in [0.1, 0.15) is 11.5 Å². The molecule has 3 atom stereocenters. The Balaban J connectivity index is 1.80. The number of nitrogens with zero attached hydrogens (tertiary/aromatic N) is 1. The maximum absolute atomic E-state index is 6.12. The molecule has 3 rings (SSSR count). The lowest BCUT2D eigenvalue weighted by atomic mass is 9.98. The first-order chi connectivity index (χ1) is 9.53. The van der Waals surface area contributed by atoms with Crippen LogP contribution in [-0.4, -0.2) is 36.7 Å². The number of hydrogen-bond acceptors (Lipinski definition) is 4. The van der Waals surface area contributed by atoms with Crippen LogP contribution in [0.1, 0.15) is 50.7 Å². The van der Waals surface area contributed by atoms with Crippen LogP contribution in [0.4, 0.5) is 0 Å². The van der Waals surface area contributed by atoms with E-state index in [2.05, 4.69) is 37.8 Å². The van der Waals surface area contributed by atoms with Crippen LogP contribution in [0.25, 0.3) is 0 Å². The molecule has 1 saturated carbocycles. The van der Waals surface area contributed by atoms with Crippen molar-refractivity contribution in [3.05, 3.63) is 23.7 Å². The summed E-state index contributed by atoms with van der Waals surface area (Å²) < 4.78 is 11.7. The number of rotatable bonds is 4. The first-order valence-corrected chi connectivity index (χ1v) is 7.67. The summed E-state index contributed by atoms with van der Waals surface area (Å²) in [6, 6.07) is 4.40. The molecule has 1 aliphatic carbocycles. The van der Waals surface area contributed by atoms with Gasteiger partial charge in [0.05, 0.1) is 19.3 Å². The minimum Gasteiger partial charge on any atom is -0.464 e. The molecule has 0 amide bonds. The summed E-state index contributed by atoms with van der Waals surface area (Å²) >= 11 is 0. The number of furan rings is 1. The average Bonchev–Trinajstić information content (AvgIpc) is 2.95. The van der Waals surface area contributed by atoms with Crippen LogP contribution in [0.3, 0.4) is 0 Å². The molecule has 3 unspecified atom stereocenters. The monoisotopic (exact) mass is 278 g/mol. The maximum Gasteiger partial charge on any atom is 0.122 e. The van der Waals surface area contributed by atoms with Crippen LogP contribution in [0.5, 0.6) is 0 Å². The van der Waals surface area contributed by atoms with E-state index in [0.717, 1.165) is 37.2 Å². The maximum atomic E-state index is 6.12. The summed E-state index contributed by atoms with van der Waals surface area (Å²) in [5.74, 6) is 3.54. The van der Waals surface area contributed by atoms with Crippen molar-refractivity contribution in [3.8, 4) is 0 Å². The highest BCUT2D eigenvalue weighted by atomic mass is 16.5. The van der Waals surface area contributed by atoms with Gasteiger partial charge >= 0.3 is 0 Å². The molecule has 4 nitrogen and oxygen atoms in total. The Bertz CT molecular complexity index is 469. The Labute approximate surface area is 121 Å². The minimum atomic E-state index is 0.00210. The standard InChI is InChI=1S/C16H26N2O2/c1-11-8-12(11)14-4-5-15(20-14)13(9-17)18-6-7-19-10-16(18,2)3/h4-5,11-13H,6-10,17H2,1-3H3. The third-order valence-corrected chi connectivity index (χ3v) is 4.76. The summed E-state index contributed by atoms with van der Waals surface area (Å²) in [5, 5.41) is 0. The van der Waals surface area contributed by atoms with Crippen LogP contribution < -0.4 is 5.73 Å². The molecule has 112 valence electrons. The smallest absolute Gasteiger partial charge is 0.122 e. The van der Waals surface area contributed by atoms with Crippen molar-refractivity contribution in [1.82, 2.24) is 4.90 Å². The molecule has 0 aromatic carbocycles. The van der Waals surface area contributed by atoms with Gasteiger partial charge in [0.25, 0.3) is 0 Å². The molecular formula is C16H26N2O2. The van der Waals surface area contributed by atoms with Gasteiger partial charge in [-0.15, -0.1) is 0 Å². The number of nitrogens with two attached hydrogens (primary N) is 1. The average molecular weight is 278 g/mol. The summed E-state index contributed by atoms with van der Waals surface area (Å²) in [6.07, 6.45) is 1.25. The van der Waals surface area contributed by atoms with E-state index >= 15 is 0 Å². The predicted molar refractivity (Wildman–Crippen MR) is 78.6 cm³/mol. The van der Waals surface area contributed by atoms with E-state index in [1.54, 1.807) is 0 Å². The lowest BCUT2D eigenvalue weighted by molar-refractivity contribution is -0.0747. The second-order valence-corrected chi connectivity index (χ2v) is 6.87. The van der Waals surface area contributed by atoms with E-state index in [0.29, 0.717) is 12.5 Å². The zero-order chi connectivity index (χ0) is 14.3. The summed E-state index contributed by atoms with van der Waals surface area (Å²) in [5.41, 5.74) is 6.04. The Hall–Kier alpha value is -0.840. The summed E-state index contributed by atoms with van der Waals surface area (Å²) in [7, 11) is 0. The van der Waals surface area contributed by atoms with Crippen molar-refractivity contribution < 1.29 is 9.15 Å². The Morgan fingerprint density at radius 2 is 2.20 bits per heavy atom. The molecule has 20 heavy (non-hydrogen) atoms. The number of morpholine rings is 1. The van der Waals surface area contributed by atoms with Gasteiger partial charge < -0.3 is 14.9 Å². The fraction of sp³-hybridized carbons (Fsp3) is 0.750. The Morgan fingerprint density at radius 3 is 2.80 bits per heavy atom. The van der Waals surface area contributed by atoms with Gasteiger partial charge in [-0.3, -0.25) is 4.90 Å². The third-order valence-electron chi connectivity index (χ3n) is 4.76. The van der Waals surface area contributed by atoms with Crippen LogP contribution >= 0.6 is 0 Å². The van der Waals surface area contributed by atoms with Crippen molar-refractivity contribution in [2.45, 2.75) is 44.7 Å². The molecular weight excluding hydrogens is 252 g/mol. The van der Waals surface area contributed by atoms with Crippen LogP contribution in [-0.2, 0) is 4.74 Å². The van der Waals surface area contributed by atoms with Crippen molar-refractivity contribution in [1.29, 1.82) is 0 Å². The fourth-order valence-corrected chi connectivity index (χ4v) is 3.31. The van der Waals surface area contributed by atoms with E-state index in [9.17, 15) is 0 Å². The van der Waals surface area contributed by atoms with E-state index in [-0.39, 0.29) is 11.6 Å². The van der Waals surface area contributed by atoms with Gasteiger partial charge in [-0.05, 0) is 38.3 Å². The van der Waals surface area contributed by atoms with E-state index < -0.39 is 0 Å². The molecule has 1 aromatic rings. The highest BCUT2D eigenvalue weighted by molar-refractivity contribution is 5.20. The van der Waals surface area contributed by atoms with Gasteiger partial charge in [-0.25, -0.2) is 0 Å². The molecule has 2 fully saturated rings. The van der Waals surface area contributed by atoms with Gasteiger partial charge in [0, 0.05) is 24.5 Å². The van der Waals surface area contributed by atoms with Gasteiger partial charge in [0.15, 0.2) is 0 Å². The first kappa shape index (κ1) is 14.1. The molecule has 1 aliphatic heterocycles. The predicted octanol–water partition coefficient (Wildman–Crippen LogP) is 2.51. The molecule has 1 saturated heterocycles. The van der Waals surface area contributed by atoms with E-state index in [4.69, 9.17) is 14.9 Å². The molecule has 0 bridgehead atoms. The van der Waals surface area contributed by atoms with E-state index in [1.165, 1.54) is 6.42 Å². The Kier molecular flexibility index (Phi) is 3.65. The van der Waals surface area contributed by atoms with Gasteiger partial charge in [-0.2, -0.15) is 0 Å². The zero-order valence-electron chi connectivity index (χ0n) is 12.8. The number of ether oxygens (including phenoxy) is 1. The van der Waals surface area contributed by atoms with Crippen LogP contribution in [0.2, 0.25) is 0 Å². The topological polar surface area (TPSA) is 51.6 Å². The largest absolute Gasteiger partial charge is 0.464 e. The first-order valence-electron chi connectivity index (χ1n) is 7.67.